The highest BCUT2D eigenvalue weighted by Crippen LogP contribution is 2.53. The highest BCUT2D eigenvalue weighted by atomic mass is 16.8. The number of aldehydes is 1. The highest BCUT2D eigenvalue weighted by molar-refractivity contribution is 5.61. The van der Waals surface area contributed by atoms with Gasteiger partial charge in [-0.1, -0.05) is 57.9 Å². The van der Waals surface area contributed by atoms with Crippen LogP contribution in [0, 0.1) is 11.3 Å². The van der Waals surface area contributed by atoms with E-state index < -0.39 is 28.9 Å². The number of carbonyl (C=O) groups is 2. The number of carbonyl (C=O) groups excluding carboxylic acids is 1. The number of carboxylic acid groups (broad SMARTS) is 1. The lowest BCUT2D eigenvalue weighted by molar-refractivity contribution is -0.265. The average Bonchev–Trinajstić information content (AvgIpc) is 2.69. The van der Waals surface area contributed by atoms with Crippen LogP contribution in [-0.4, -0.2) is 40.0 Å². The molecule has 138 valence electrons. The predicted octanol–water partition coefficient (Wildman–Crippen LogP) is 3.99. The zero-order valence-electron chi connectivity index (χ0n) is 15.5. The molecule has 1 aliphatic heterocycles. The van der Waals surface area contributed by atoms with Crippen LogP contribution in [0.3, 0.4) is 0 Å². The van der Waals surface area contributed by atoms with Crippen molar-refractivity contribution in [3.63, 3.8) is 0 Å². The van der Waals surface area contributed by atoms with Crippen LogP contribution in [-0.2, 0) is 14.4 Å². The number of rotatable bonds is 4. The van der Waals surface area contributed by atoms with Gasteiger partial charge >= 0.3 is 6.16 Å². The molecule has 1 heterocycles. The minimum absolute atomic E-state index is 0.404. The summed E-state index contributed by atoms with van der Waals surface area (Å²) in [6, 6.07) is 0. The van der Waals surface area contributed by atoms with E-state index in [1.165, 1.54) is 24.3 Å². The lowest BCUT2D eigenvalue weighted by Crippen LogP contribution is -2.63. The molecule has 2 fully saturated rings. The largest absolute Gasteiger partial charge is 0.525 e. The van der Waals surface area contributed by atoms with Gasteiger partial charge < -0.3 is 19.5 Å². The first kappa shape index (κ1) is 19.2. The van der Waals surface area contributed by atoms with Gasteiger partial charge in [0.05, 0.1) is 5.54 Å². The van der Waals surface area contributed by atoms with E-state index >= 15 is 0 Å². The summed E-state index contributed by atoms with van der Waals surface area (Å²) in [5.41, 5.74) is -2.22. The Balaban J connectivity index is 2.49. The number of nitrogens with zero attached hydrogens (tertiary/aromatic N) is 1. The summed E-state index contributed by atoms with van der Waals surface area (Å²) in [6.45, 7) is 9.57. The Labute approximate surface area is 144 Å². The summed E-state index contributed by atoms with van der Waals surface area (Å²) in [6.07, 6.45) is 5.20. The zero-order chi connectivity index (χ0) is 18.2. The van der Waals surface area contributed by atoms with Crippen molar-refractivity contribution in [3.05, 3.63) is 0 Å². The smallest absolute Gasteiger partial charge is 0.448 e. The summed E-state index contributed by atoms with van der Waals surface area (Å²) >= 11 is 0. The van der Waals surface area contributed by atoms with Gasteiger partial charge in [0, 0.05) is 0 Å². The molecule has 2 rings (SSSR count). The van der Waals surface area contributed by atoms with Crippen molar-refractivity contribution in [2.45, 2.75) is 90.5 Å². The molecule has 2 atom stereocenters. The first-order valence-electron chi connectivity index (χ1n) is 8.89. The van der Waals surface area contributed by atoms with E-state index in [2.05, 4.69) is 0 Å². The molecule has 0 amide bonds. The Bertz CT molecular complexity index is 478. The van der Waals surface area contributed by atoms with Crippen LogP contribution in [0.25, 0.3) is 0 Å². The Hall–Kier alpha value is -1.14. The molecule has 1 aliphatic carbocycles. The van der Waals surface area contributed by atoms with Crippen LogP contribution in [0.15, 0.2) is 0 Å². The zero-order valence-corrected chi connectivity index (χ0v) is 15.5. The van der Waals surface area contributed by atoms with Gasteiger partial charge in [0.15, 0.2) is 12.0 Å². The van der Waals surface area contributed by atoms with Crippen molar-refractivity contribution in [2.24, 2.45) is 11.3 Å². The molecule has 0 unspecified atom stereocenters. The number of ether oxygens (including phenoxy) is 1. The third-order valence-corrected chi connectivity index (χ3v) is 5.65. The molecule has 0 spiro atoms. The van der Waals surface area contributed by atoms with E-state index in [1.54, 1.807) is 13.8 Å². The second kappa shape index (κ2) is 6.64. The third-order valence-electron chi connectivity index (χ3n) is 5.65. The SMILES string of the molecule is CC1(C)O[C@@H](C=O)[C@@](CC2CCCCC2)(C(C)(C)C)N1OC(=O)O. The summed E-state index contributed by atoms with van der Waals surface area (Å²) in [5, 5.41) is 10.7. The van der Waals surface area contributed by atoms with Crippen molar-refractivity contribution in [2.75, 3.05) is 0 Å². The number of hydroxylamine groups is 2. The van der Waals surface area contributed by atoms with Gasteiger partial charge in [0.2, 0.25) is 0 Å². The Kier molecular flexibility index (Phi) is 5.31. The molecule has 1 N–H and O–H groups in total. The molecule has 0 bridgehead atoms. The molecule has 0 aromatic rings. The molecule has 0 aromatic carbocycles. The molecule has 2 aliphatic rings. The van der Waals surface area contributed by atoms with Crippen LogP contribution in [0.5, 0.6) is 0 Å². The van der Waals surface area contributed by atoms with Gasteiger partial charge in [-0.05, 0) is 31.6 Å². The summed E-state index contributed by atoms with van der Waals surface area (Å²) in [7, 11) is 0. The van der Waals surface area contributed by atoms with Gasteiger partial charge in [-0.3, -0.25) is 0 Å². The van der Waals surface area contributed by atoms with Crippen molar-refractivity contribution < 1.29 is 24.3 Å². The van der Waals surface area contributed by atoms with E-state index in [1.807, 2.05) is 20.8 Å². The van der Waals surface area contributed by atoms with Crippen LogP contribution in [0.4, 0.5) is 4.79 Å². The van der Waals surface area contributed by atoms with Gasteiger partial charge in [0.1, 0.15) is 6.10 Å². The van der Waals surface area contributed by atoms with E-state index in [0.29, 0.717) is 12.3 Å². The van der Waals surface area contributed by atoms with Gasteiger partial charge in [-0.2, -0.15) is 0 Å². The summed E-state index contributed by atoms with van der Waals surface area (Å²) in [5.74, 6) is 0.442. The van der Waals surface area contributed by atoms with Gasteiger partial charge in [-0.15, -0.1) is 0 Å². The summed E-state index contributed by atoms with van der Waals surface area (Å²) < 4.78 is 5.97. The van der Waals surface area contributed by atoms with E-state index in [9.17, 15) is 14.7 Å². The fraction of sp³-hybridized carbons (Fsp3) is 0.889. The molecule has 1 saturated carbocycles. The minimum Gasteiger partial charge on any atom is -0.448 e. The predicted molar refractivity (Wildman–Crippen MR) is 89.3 cm³/mol. The minimum atomic E-state index is -1.38. The monoisotopic (exact) mass is 341 g/mol. The number of hydrogen-bond acceptors (Lipinski definition) is 5. The topological polar surface area (TPSA) is 76.1 Å². The molecule has 0 radical (unpaired) electrons. The van der Waals surface area contributed by atoms with E-state index in [-0.39, 0.29) is 0 Å². The lowest BCUT2D eigenvalue weighted by atomic mass is 9.64. The molecule has 24 heavy (non-hydrogen) atoms. The van der Waals surface area contributed by atoms with Crippen LogP contribution in [0.2, 0.25) is 0 Å². The fourth-order valence-corrected chi connectivity index (χ4v) is 4.53. The maximum absolute atomic E-state index is 11.9. The molecular weight excluding hydrogens is 310 g/mol. The maximum Gasteiger partial charge on any atom is 0.525 e. The van der Waals surface area contributed by atoms with Gasteiger partial charge in [0.25, 0.3) is 0 Å². The normalized spacial score (nSPS) is 31.8. The molecule has 1 saturated heterocycles. The van der Waals surface area contributed by atoms with E-state index in [4.69, 9.17) is 9.57 Å². The molecule has 0 aromatic heterocycles. The van der Waals surface area contributed by atoms with Crippen LogP contribution in [0.1, 0.15) is 73.1 Å². The maximum atomic E-state index is 11.9. The van der Waals surface area contributed by atoms with E-state index in [0.717, 1.165) is 19.1 Å². The fourth-order valence-electron chi connectivity index (χ4n) is 4.53. The van der Waals surface area contributed by atoms with Gasteiger partial charge in [-0.25, -0.2) is 4.79 Å². The Morgan fingerprint density at radius 3 is 2.33 bits per heavy atom. The Morgan fingerprint density at radius 2 is 1.88 bits per heavy atom. The average molecular weight is 341 g/mol. The second-order valence-electron chi connectivity index (χ2n) is 8.66. The molecular formula is C18H31NO5. The number of hydrogen-bond donors (Lipinski definition) is 1. The highest BCUT2D eigenvalue weighted by Gasteiger charge is 2.66. The van der Waals surface area contributed by atoms with Crippen molar-refractivity contribution >= 4 is 12.4 Å². The van der Waals surface area contributed by atoms with Crippen molar-refractivity contribution in [3.8, 4) is 0 Å². The quantitative estimate of drug-likeness (QED) is 0.779. The standard InChI is InChI=1S/C18H31NO5/c1-16(2,3)18(11-13-9-7-6-8-10-13)14(12-20)23-17(4,5)19(18)24-15(21)22/h12-14H,6-11H2,1-5H3,(H,21,22)/t14-,18-/m0/s1. The van der Waals surface area contributed by atoms with Crippen LogP contribution >= 0.6 is 0 Å². The molecule has 6 nitrogen and oxygen atoms in total. The van der Waals surface area contributed by atoms with Crippen molar-refractivity contribution in [1.82, 2.24) is 5.06 Å². The van der Waals surface area contributed by atoms with Crippen LogP contribution < -0.4 is 0 Å². The first-order valence-corrected chi connectivity index (χ1v) is 8.89. The lowest BCUT2D eigenvalue weighted by Gasteiger charge is -2.50. The summed E-state index contributed by atoms with van der Waals surface area (Å²) in [4.78, 5) is 28.4. The molecule has 6 heteroatoms. The Morgan fingerprint density at radius 1 is 1.29 bits per heavy atom. The second-order valence-corrected chi connectivity index (χ2v) is 8.66. The first-order chi connectivity index (χ1) is 11.0. The van der Waals surface area contributed by atoms with Crippen molar-refractivity contribution in [1.29, 1.82) is 0 Å². The third kappa shape index (κ3) is 3.31.